The molecular weight excluding hydrogens is 342 g/mol. The summed E-state index contributed by atoms with van der Waals surface area (Å²) in [7, 11) is 0. The van der Waals surface area contributed by atoms with Crippen molar-refractivity contribution >= 4 is 33.2 Å². The van der Waals surface area contributed by atoms with Crippen LogP contribution < -0.4 is 14.8 Å². The van der Waals surface area contributed by atoms with Crippen molar-refractivity contribution in [2.24, 2.45) is 5.92 Å². The summed E-state index contributed by atoms with van der Waals surface area (Å²) in [6.07, 6.45) is 7.42. The van der Waals surface area contributed by atoms with Gasteiger partial charge in [-0.25, -0.2) is 15.0 Å². The standard InChI is InChI=1S/C20H23N5S/c1-14-5-6-16-15(12-14)18-19(22-13-23-20(18)26-16)25-10-8-24(9-11-25)17-4-2-3-7-21-17/h2-4,7,13-14H,5-6,8-12H2,1H3/p+1/t14-/m1/s1. The number of hydrogen-bond acceptors (Lipinski definition) is 5. The van der Waals surface area contributed by atoms with E-state index in [1.807, 2.05) is 23.6 Å². The molecule has 0 aromatic carbocycles. The monoisotopic (exact) mass is 366 g/mol. The lowest BCUT2D eigenvalue weighted by atomic mass is 9.88. The topological polar surface area (TPSA) is 46.4 Å². The number of aromatic amines is 1. The molecule has 1 saturated heterocycles. The number of nitrogens with one attached hydrogen (secondary N) is 1. The fourth-order valence-corrected chi connectivity index (χ4v) is 5.42. The van der Waals surface area contributed by atoms with Gasteiger partial charge in [0.2, 0.25) is 0 Å². The molecule has 6 heteroatoms. The minimum absolute atomic E-state index is 0.763. The molecule has 3 aromatic heterocycles. The summed E-state index contributed by atoms with van der Waals surface area (Å²) in [4.78, 5) is 20.3. The summed E-state index contributed by atoms with van der Waals surface area (Å²) in [5.74, 6) is 3.11. The summed E-state index contributed by atoms with van der Waals surface area (Å²) >= 11 is 1.88. The van der Waals surface area contributed by atoms with Crippen LogP contribution in [-0.4, -0.2) is 36.1 Å². The summed E-state index contributed by atoms with van der Waals surface area (Å²) in [5.41, 5.74) is 1.53. The van der Waals surface area contributed by atoms with Crippen molar-refractivity contribution in [1.82, 2.24) is 9.97 Å². The van der Waals surface area contributed by atoms with E-state index in [-0.39, 0.29) is 0 Å². The van der Waals surface area contributed by atoms with Gasteiger partial charge in [0, 0.05) is 10.9 Å². The van der Waals surface area contributed by atoms with Crippen LogP contribution in [0.3, 0.4) is 0 Å². The summed E-state index contributed by atoms with van der Waals surface area (Å²) in [5, 5.41) is 1.33. The molecule has 0 unspecified atom stereocenters. The normalized spacial score (nSPS) is 20.4. The molecule has 1 aliphatic carbocycles. The molecule has 5 rings (SSSR count). The van der Waals surface area contributed by atoms with Gasteiger partial charge in [0.1, 0.15) is 30.1 Å². The Morgan fingerprint density at radius 1 is 1.12 bits per heavy atom. The lowest BCUT2D eigenvalue weighted by Gasteiger charge is -2.32. The zero-order valence-electron chi connectivity index (χ0n) is 15.1. The van der Waals surface area contributed by atoms with E-state index >= 15 is 0 Å². The number of aryl methyl sites for hydroxylation is 1. The highest BCUT2D eigenvalue weighted by atomic mass is 32.1. The second-order valence-corrected chi connectivity index (χ2v) is 8.53. The molecule has 4 heterocycles. The van der Waals surface area contributed by atoms with Crippen LogP contribution in [-0.2, 0) is 12.8 Å². The van der Waals surface area contributed by atoms with Crippen LogP contribution in [0.4, 0.5) is 11.6 Å². The Balaban J connectivity index is 1.44. The Labute approximate surface area is 157 Å². The Kier molecular flexibility index (Phi) is 4.00. The Morgan fingerprint density at radius 2 is 1.96 bits per heavy atom. The van der Waals surface area contributed by atoms with Crippen molar-refractivity contribution in [1.29, 1.82) is 0 Å². The predicted molar refractivity (Wildman–Crippen MR) is 106 cm³/mol. The van der Waals surface area contributed by atoms with E-state index in [9.17, 15) is 0 Å². The van der Waals surface area contributed by atoms with Gasteiger partial charge in [0.15, 0.2) is 0 Å². The number of nitrogens with zero attached hydrogens (tertiary/aromatic N) is 4. The van der Waals surface area contributed by atoms with Crippen LogP contribution >= 0.6 is 11.3 Å². The molecule has 0 spiro atoms. The van der Waals surface area contributed by atoms with E-state index in [1.54, 1.807) is 6.33 Å². The first-order valence-electron chi connectivity index (χ1n) is 9.51. The van der Waals surface area contributed by atoms with Crippen LogP contribution in [0, 0.1) is 5.92 Å². The fraction of sp³-hybridized carbons (Fsp3) is 0.450. The lowest BCUT2D eigenvalue weighted by Crippen LogP contribution is -2.48. The van der Waals surface area contributed by atoms with E-state index in [1.165, 1.54) is 45.7 Å². The average molecular weight is 367 g/mol. The molecular formula is C20H24N5S+. The molecule has 1 fully saturated rings. The van der Waals surface area contributed by atoms with E-state index in [4.69, 9.17) is 4.98 Å². The minimum atomic E-state index is 0.763. The predicted octanol–water partition coefficient (Wildman–Crippen LogP) is 2.96. The van der Waals surface area contributed by atoms with Crippen LogP contribution in [0.1, 0.15) is 23.8 Å². The molecule has 5 nitrogen and oxygen atoms in total. The summed E-state index contributed by atoms with van der Waals surface area (Å²) in [6, 6.07) is 6.26. The van der Waals surface area contributed by atoms with E-state index in [0.29, 0.717) is 0 Å². The van der Waals surface area contributed by atoms with E-state index in [2.05, 4.69) is 38.8 Å². The summed E-state index contributed by atoms with van der Waals surface area (Å²) in [6.45, 7) is 6.37. The highest BCUT2D eigenvalue weighted by Gasteiger charge is 2.28. The number of piperazine rings is 1. The number of thiophene rings is 1. The molecule has 1 aliphatic heterocycles. The van der Waals surface area contributed by atoms with Crippen molar-refractivity contribution in [3.05, 3.63) is 41.2 Å². The Hall–Kier alpha value is -2.21. The number of hydrogen-bond donors (Lipinski definition) is 0. The fourth-order valence-electron chi connectivity index (χ4n) is 4.25. The number of fused-ring (bicyclic) bond motifs is 3. The quantitative estimate of drug-likeness (QED) is 0.700. The first-order valence-corrected chi connectivity index (χ1v) is 10.3. The Bertz CT molecular complexity index is 915. The van der Waals surface area contributed by atoms with Gasteiger partial charge in [-0.15, -0.1) is 11.3 Å². The molecule has 0 bridgehead atoms. The third-order valence-electron chi connectivity index (χ3n) is 5.68. The number of H-pyrrole nitrogens is 1. The van der Waals surface area contributed by atoms with Crippen LogP contribution in [0.5, 0.6) is 0 Å². The smallest absolute Gasteiger partial charge is 0.274 e. The highest BCUT2D eigenvalue weighted by Crippen LogP contribution is 2.40. The third kappa shape index (κ3) is 2.72. The van der Waals surface area contributed by atoms with Crippen LogP contribution in [0.25, 0.3) is 10.2 Å². The first kappa shape index (κ1) is 16.0. The van der Waals surface area contributed by atoms with Gasteiger partial charge in [-0.3, -0.25) is 4.90 Å². The Morgan fingerprint density at radius 3 is 2.77 bits per heavy atom. The third-order valence-corrected chi connectivity index (χ3v) is 6.88. The molecule has 1 N–H and O–H groups in total. The van der Waals surface area contributed by atoms with Gasteiger partial charge in [-0.1, -0.05) is 13.0 Å². The van der Waals surface area contributed by atoms with Gasteiger partial charge in [-0.2, -0.15) is 0 Å². The van der Waals surface area contributed by atoms with Crippen molar-refractivity contribution < 1.29 is 4.98 Å². The van der Waals surface area contributed by atoms with Crippen LogP contribution in [0.15, 0.2) is 30.7 Å². The molecule has 0 amide bonds. The van der Waals surface area contributed by atoms with Gasteiger partial charge < -0.3 is 4.90 Å². The first-order chi connectivity index (χ1) is 12.8. The molecule has 2 aliphatic rings. The number of pyridine rings is 1. The van der Waals surface area contributed by atoms with E-state index in [0.717, 1.165) is 37.9 Å². The van der Waals surface area contributed by atoms with Gasteiger partial charge in [-0.05, 0) is 36.8 Å². The average Bonchev–Trinajstić information content (AvgIpc) is 3.07. The second-order valence-electron chi connectivity index (χ2n) is 7.45. The maximum Gasteiger partial charge on any atom is 0.274 e. The van der Waals surface area contributed by atoms with Crippen molar-refractivity contribution in [3.8, 4) is 0 Å². The van der Waals surface area contributed by atoms with Gasteiger partial charge in [0.05, 0.1) is 24.7 Å². The minimum Gasteiger partial charge on any atom is -0.348 e. The van der Waals surface area contributed by atoms with E-state index < -0.39 is 0 Å². The molecule has 0 radical (unpaired) electrons. The zero-order chi connectivity index (χ0) is 17.5. The largest absolute Gasteiger partial charge is 0.348 e. The number of anilines is 2. The second kappa shape index (κ2) is 6.50. The number of aromatic nitrogens is 3. The van der Waals surface area contributed by atoms with Gasteiger partial charge >= 0.3 is 0 Å². The summed E-state index contributed by atoms with van der Waals surface area (Å²) < 4.78 is 0. The van der Waals surface area contributed by atoms with Crippen LogP contribution in [0.2, 0.25) is 0 Å². The van der Waals surface area contributed by atoms with Crippen molar-refractivity contribution in [2.45, 2.75) is 26.2 Å². The van der Waals surface area contributed by atoms with Crippen molar-refractivity contribution in [3.63, 3.8) is 0 Å². The van der Waals surface area contributed by atoms with Crippen molar-refractivity contribution in [2.75, 3.05) is 36.0 Å². The highest BCUT2D eigenvalue weighted by molar-refractivity contribution is 7.19. The SMILES string of the molecule is C[C@@H]1CCc2sc3ncnc(N4CCN(c5cccc[nH+]5)CC4)c3c2C1. The molecule has 134 valence electrons. The maximum atomic E-state index is 4.73. The number of rotatable bonds is 2. The molecule has 26 heavy (non-hydrogen) atoms. The molecule has 3 aromatic rings. The molecule has 0 saturated carbocycles. The lowest BCUT2D eigenvalue weighted by molar-refractivity contribution is -0.364. The maximum absolute atomic E-state index is 4.73. The molecule has 1 atom stereocenters. The van der Waals surface area contributed by atoms with Gasteiger partial charge in [0.25, 0.3) is 5.82 Å². The zero-order valence-corrected chi connectivity index (χ0v) is 15.9.